The lowest BCUT2D eigenvalue weighted by atomic mass is 9.96. The van der Waals surface area contributed by atoms with E-state index in [1.54, 1.807) is 0 Å². The molecule has 1 heterocycles. The second-order valence-electron chi connectivity index (χ2n) is 7.67. The molecule has 0 unspecified atom stereocenters. The molecule has 0 spiro atoms. The highest BCUT2D eigenvalue weighted by molar-refractivity contribution is 5.94. The Morgan fingerprint density at radius 2 is 1.64 bits per heavy atom. The molecule has 2 aromatic rings. The standard InChI is InChI=1S/C24H29N3O/c1-26-17-18-27(23-14-8-7-13-22(23)26)21-12-6-5-9-19(21)15-16-25-24(28)20-10-3-2-4-11-20/h2-6,9-12H,7-8,13-18H2,1H3,(H,25,28). The van der Waals surface area contributed by atoms with E-state index in [9.17, 15) is 4.79 Å². The van der Waals surface area contributed by atoms with Gasteiger partial charge in [0.05, 0.1) is 0 Å². The first-order valence-corrected chi connectivity index (χ1v) is 10.4. The third-order valence-corrected chi connectivity index (χ3v) is 5.85. The van der Waals surface area contributed by atoms with Gasteiger partial charge >= 0.3 is 0 Å². The van der Waals surface area contributed by atoms with Crippen LogP contribution in [0, 0.1) is 0 Å². The molecular weight excluding hydrogens is 346 g/mol. The second kappa shape index (κ2) is 8.51. The van der Waals surface area contributed by atoms with E-state index in [0.717, 1.165) is 19.5 Å². The first kappa shape index (κ1) is 18.6. The third kappa shape index (κ3) is 3.91. The lowest BCUT2D eigenvalue weighted by Gasteiger charge is -2.42. The predicted octanol–water partition coefficient (Wildman–Crippen LogP) is 4.20. The molecule has 0 fully saturated rings. The van der Waals surface area contributed by atoms with Gasteiger partial charge < -0.3 is 15.1 Å². The van der Waals surface area contributed by atoms with Crippen molar-refractivity contribution in [3.63, 3.8) is 0 Å². The molecule has 1 aliphatic heterocycles. The minimum atomic E-state index is -0.00467. The molecular formula is C24H29N3O. The molecule has 4 rings (SSSR count). The van der Waals surface area contributed by atoms with Gasteiger partial charge in [-0.2, -0.15) is 0 Å². The van der Waals surface area contributed by atoms with Crippen molar-refractivity contribution in [2.75, 3.05) is 31.6 Å². The van der Waals surface area contributed by atoms with E-state index in [0.29, 0.717) is 12.1 Å². The first-order chi connectivity index (χ1) is 13.7. The number of amides is 1. The van der Waals surface area contributed by atoms with E-state index < -0.39 is 0 Å². The van der Waals surface area contributed by atoms with Crippen molar-refractivity contribution < 1.29 is 4.79 Å². The van der Waals surface area contributed by atoms with Crippen molar-refractivity contribution in [2.45, 2.75) is 32.1 Å². The Morgan fingerprint density at radius 3 is 2.46 bits per heavy atom. The molecule has 146 valence electrons. The van der Waals surface area contributed by atoms with Gasteiger partial charge in [0.1, 0.15) is 0 Å². The van der Waals surface area contributed by atoms with Crippen LogP contribution in [0.25, 0.3) is 0 Å². The molecule has 1 aliphatic carbocycles. The van der Waals surface area contributed by atoms with E-state index in [1.165, 1.54) is 48.3 Å². The summed E-state index contributed by atoms with van der Waals surface area (Å²) in [6.07, 6.45) is 5.77. The van der Waals surface area contributed by atoms with Gasteiger partial charge in [-0.25, -0.2) is 0 Å². The molecule has 0 saturated heterocycles. The van der Waals surface area contributed by atoms with Crippen molar-refractivity contribution in [3.8, 4) is 0 Å². The molecule has 0 saturated carbocycles. The third-order valence-electron chi connectivity index (χ3n) is 5.85. The van der Waals surface area contributed by atoms with Crippen molar-refractivity contribution in [3.05, 3.63) is 77.1 Å². The van der Waals surface area contributed by atoms with Gasteiger partial charge in [-0.15, -0.1) is 0 Å². The number of hydrogen-bond acceptors (Lipinski definition) is 3. The molecule has 4 heteroatoms. The lowest BCUT2D eigenvalue weighted by Crippen LogP contribution is -2.41. The number of rotatable bonds is 5. The van der Waals surface area contributed by atoms with Crippen LogP contribution in [0.15, 0.2) is 66.0 Å². The fourth-order valence-electron chi connectivity index (χ4n) is 4.35. The van der Waals surface area contributed by atoms with Crippen LogP contribution in [0.3, 0.4) is 0 Å². The van der Waals surface area contributed by atoms with Crippen molar-refractivity contribution >= 4 is 11.6 Å². The Hall–Kier alpha value is -2.75. The zero-order chi connectivity index (χ0) is 19.3. The highest BCUT2D eigenvalue weighted by atomic mass is 16.1. The second-order valence-corrected chi connectivity index (χ2v) is 7.67. The number of hydrogen-bond donors (Lipinski definition) is 1. The quantitative estimate of drug-likeness (QED) is 0.851. The lowest BCUT2D eigenvalue weighted by molar-refractivity contribution is 0.0954. The summed E-state index contributed by atoms with van der Waals surface area (Å²) in [5, 5.41) is 3.06. The van der Waals surface area contributed by atoms with Gasteiger partial charge in [-0.3, -0.25) is 4.79 Å². The Bertz CT molecular complexity index is 859. The fourth-order valence-corrected chi connectivity index (χ4v) is 4.35. The maximum absolute atomic E-state index is 12.3. The number of likely N-dealkylation sites (N-methyl/N-ethyl adjacent to an activating group) is 1. The van der Waals surface area contributed by atoms with E-state index in [-0.39, 0.29) is 5.91 Å². The van der Waals surface area contributed by atoms with Crippen LogP contribution in [0.2, 0.25) is 0 Å². The Balaban J connectivity index is 1.48. The molecule has 0 bridgehead atoms. The number of nitrogens with one attached hydrogen (secondary N) is 1. The summed E-state index contributed by atoms with van der Waals surface area (Å²) in [7, 11) is 2.23. The summed E-state index contributed by atoms with van der Waals surface area (Å²) in [6.45, 7) is 2.74. The number of para-hydroxylation sites is 1. The maximum atomic E-state index is 12.3. The summed E-state index contributed by atoms with van der Waals surface area (Å²) in [5.74, 6) is -0.00467. The van der Waals surface area contributed by atoms with E-state index in [1.807, 2.05) is 30.3 Å². The minimum absolute atomic E-state index is 0.00467. The smallest absolute Gasteiger partial charge is 0.251 e. The number of anilines is 1. The number of carbonyl (C=O) groups excluding carboxylic acids is 1. The Morgan fingerprint density at radius 1 is 0.929 bits per heavy atom. The summed E-state index contributed by atoms with van der Waals surface area (Å²) < 4.78 is 0. The summed E-state index contributed by atoms with van der Waals surface area (Å²) >= 11 is 0. The van der Waals surface area contributed by atoms with Crippen LogP contribution >= 0.6 is 0 Å². The van der Waals surface area contributed by atoms with Crippen LogP contribution in [-0.2, 0) is 6.42 Å². The zero-order valence-electron chi connectivity index (χ0n) is 16.7. The molecule has 28 heavy (non-hydrogen) atoms. The number of nitrogens with zero attached hydrogens (tertiary/aromatic N) is 2. The van der Waals surface area contributed by atoms with Gasteiger partial charge in [0.2, 0.25) is 0 Å². The monoisotopic (exact) mass is 375 g/mol. The summed E-state index contributed by atoms with van der Waals surface area (Å²) in [4.78, 5) is 17.3. The van der Waals surface area contributed by atoms with Gasteiger partial charge in [0.25, 0.3) is 5.91 Å². The van der Waals surface area contributed by atoms with E-state index in [4.69, 9.17) is 0 Å². The highest BCUT2D eigenvalue weighted by Crippen LogP contribution is 2.36. The number of benzene rings is 2. The number of allylic oxidation sites excluding steroid dienone is 2. The zero-order valence-corrected chi connectivity index (χ0v) is 16.7. The van der Waals surface area contributed by atoms with Crippen molar-refractivity contribution in [2.24, 2.45) is 0 Å². The van der Waals surface area contributed by atoms with Gasteiger partial charge in [0, 0.05) is 49.3 Å². The average molecular weight is 376 g/mol. The molecule has 1 amide bonds. The molecule has 4 nitrogen and oxygen atoms in total. The Labute approximate surface area is 167 Å². The van der Waals surface area contributed by atoms with Crippen molar-refractivity contribution in [1.82, 2.24) is 10.2 Å². The molecule has 0 aromatic heterocycles. The first-order valence-electron chi connectivity index (χ1n) is 10.4. The van der Waals surface area contributed by atoms with E-state index in [2.05, 4.69) is 46.4 Å². The molecule has 0 atom stereocenters. The van der Waals surface area contributed by atoms with E-state index >= 15 is 0 Å². The van der Waals surface area contributed by atoms with Crippen LogP contribution in [-0.4, -0.2) is 37.5 Å². The number of carbonyl (C=O) groups is 1. The molecule has 2 aliphatic rings. The van der Waals surface area contributed by atoms with Crippen LogP contribution in [0.5, 0.6) is 0 Å². The fraction of sp³-hybridized carbons (Fsp3) is 0.375. The SMILES string of the molecule is CN1CCN(c2ccccc2CCNC(=O)c2ccccc2)C2=C1CCCC2. The predicted molar refractivity (Wildman–Crippen MR) is 114 cm³/mol. The highest BCUT2D eigenvalue weighted by Gasteiger charge is 2.27. The van der Waals surface area contributed by atoms with Crippen molar-refractivity contribution in [1.29, 1.82) is 0 Å². The Kier molecular flexibility index (Phi) is 5.65. The molecule has 0 radical (unpaired) electrons. The summed E-state index contributed by atoms with van der Waals surface area (Å²) in [5.41, 5.74) is 6.34. The molecule has 1 N–H and O–H groups in total. The van der Waals surface area contributed by atoms with Crippen LogP contribution < -0.4 is 10.2 Å². The van der Waals surface area contributed by atoms with Gasteiger partial charge in [-0.1, -0.05) is 36.4 Å². The molecule has 2 aromatic carbocycles. The van der Waals surface area contributed by atoms with Crippen LogP contribution in [0.1, 0.15) is 41.6 Å². The van der Waals surface area contributed by atoms with Gasteiger partial charge in [-0.05, 0) is 55.9 Å². The average Bonchev–Trinajstić information content (AvgIpc) is 2.75. The van der Waals surface area contributed by atoms with Crippen LogP contribution in [0.4, 0.5) is 5.69 Å². The van der Waals surface area contributed by atoms with Gasteiger partial charge in [0.15, 0.2) is 0 Å². The topological polar surface area (TPSA) is 35.6 Å². The maximum Gasteiger partial charge on any atom is 0.251 e. The minimum Gasteiger partial charge on any atom is -0.375 e. The summed E-state index contributed by atoms with van der Waals surface area (Å²) in [6, 6.07) is 18.1. The largest absolute Gasteiger partial charge is 0.375 e. The normalized spacial score (nSPS) is 16.8.